The monoisotopic (exact) mass is 357 g/mol. The molecule has 0 atom stereocenters. The summed E-state index contributed by atoms with van der Waals surface area (Å²) in [5, 5.41) is 2.18. The van der Waals surface area contributed by atoms with E-state index < -0.39 is 0 Å². The largest absolute Gasteiger partial charge is 0.345 e. The van der Waals surface area contributed by atoms with Crippen molar-refractivity contribution < 1.29 is 0 Å². The van der Waals surface area contributed by atoms with Gasteiger partial charge in [-0.15, -0.1) is 0 Å². The van der Waals surface area contributed by atoms with E-state index in [9.17, 15) is 0 Å². The fraction of sp³-hybridized carbons (Fsp3) is 0.136. The zero-order chi connectivity index (χ0) is 18.0. The van der Waals surface area contributed by atoms with Crippen LogP contribution in [0, 0.1) is 0 Å². The van der Waals surface area contributed by atoms with Crippen molar-refractivity contribution in [2.45, 2.75) is 19.7 Å². The Morgan fingerprint density at radius 1 is 0.962 bits per heavy atom. The lowest BCUT2D eigenvalue weighted by molar-refractivity contribution is 1.16. The van der Waals surface area contributed by atoms with E-state index in [1.54, 1.807) is 6.20 Å². The van der Waals surface area contributed by atoms with Gasteiger partial charge in [0.2, 0.25) is 0 Å². The van der Waals surface area contributed by atoms with E-state index in [-0.39, 0.29) is 0 Å². The Balaban J connectivity index is 0.000000158. The minimum atomic E-state index is 0.922. The highest BCUT2D eigenvalue weighted by molar-refractivity contribution is 7.20. The summed E-state index contributed by atoms with van der Waals surface area (Å²) in [6.07, 6.45) is 5.74. The first-order valence-electron chi connectivity index (χ1n) is 8.85. The van der Waals surface area contributed by atoms with Gasteiger partial charge in [-0.1, -0.05) is 73.2 Å². The summed E-state index contributed by atoms with van der Waals surface area (Å²) in [7, 11) is 2.33. The maximum absolute atomic E-state index is 4.13. The van der Waals surface area contributed by atoms with Crippen molar-refractivity contribution in [3.8, 4) is 11.4 Å². The molecule has 2 aromatic heterocycles. The van der Waals surface area contributed by atoms with Gasteiger partial charge in [0.25, 0.3) is 0 Å². The summed E-state index contributed by atoms with van der Waals surface area (Å²) in [5.74, 6) is 0.922. The molecule has 0 saturated heterocycles. The van der Waals surface area contributed by atoms with E-state index in [1.807, 2.05) is 47.9 Å². The van der Waals surface area contributed by atoms with Gasteiger partial charge in [0.1, 0.15) is 5.82 Å². The van der Waals surface area contributed by atoms with Crippen LogP contribution in [-0.2, 0) is 12.7 Å². The molecule has 2 heterocycles. The van der Waals surface area contributed by atoms with Crippen molar-refractivity contribution in [3.63, 3.8) is 0 Å². The second-order valence-corrected chi connectivity index (χ2v) is 6.81. The standard InChI is InChI=1S/C13H14BS.C9H8N2/c1-2-12-8-9-15-13(12)14-10-11-6-4-3-5-7-11;1-2-4-8(5-3-1)9-10-6-7-11-9/h3-9H,2,10H2,1H3;1-7H,(H,10,11). The molecule has 2 nitrogen and oxygen atoms in total. The number of aryl methyl sites for hydroxylation is 1. The van der Waals surface area contributed by atoms with Crippen molar-refractivity contribution in [1.29, 1.82) is 0 Å². The Morgan fingerprint density at radius 3 is 2.35 bits per heavy atom. The van der Waals surface area contributed by atoms with Crippen molar-refractivity contribution in [3.05, 3.63) is 95.6 Å². The summed E-state index contributed by atoms with van der Waals surface area (Å²) in [4.78, 5) is 7.17. The lowest BCUT2D eigenvalue weighted by Gasteiger charge is -2.00. The minimum absolute atomic E-state index is 0.922. The molecule has 0 aliphatic rings. The summed E-state index contributed by atoms with van der Waals surface area (Å²) >= 11 is 1.84. The molecule has 1 N–H and O–H groups in total. The number of hydrogen-bond donors (Lipinski definition) is 1. The second kappa shape index (κ2) is 9.78. The van der Waals surface area contributed by atoms with Gasteiger partial charge in [-0.2, -0.15) is 11.3 Å². The van der Waals surface area contributed by atoms with Crippen LogP contribution in [0.15, 0.2) is 84.5 Å². The molecule has 26 heavy (non-hydrogen) atoms. The van der Waals surface area contributed by atoms with Crippen LogP contribution in [0.5, 0.6) is 0 Å². The van der Waals surface area contributed by atoms with E-state index in [1.165, 1.54) is 15.9 Å². The zero-order valence-corrected chi connectivity index (χ0v) is 15.7. The zero-order valence-electron chi connectivity index (χ0n) is 14.9. The van der Waals surface area contributed by atoms with Crippen LogP contribution in [0.2, 0.25) is 0 Å². The molecule has 0 amide bonds. The molecule has 4 rings (SSSR count). The van der Waals surface area contributed by atoms with Crippen molar-refractivity contribution in [2.24, 2.45) is 0 Å². The molecule has 4 aromatic rings. The number of nitrogens with zero attached hydrogens (tertiary/aromatic N) is 1. The lowest BCUT2D eigenvalue weighted by Crippen LogP contribution is -2.16. The number of nitrogens with one attached hydrogen (secondary N) is 1. The number of hydrogen-bond acceptors (Lipinski definition) is 2. The smallest absolute Gasteiger partial charge is 0.170 e. The molecule has 0 fully saturated rings. The number of imidazole rings is 1. The first kappa shape index (κ1) is 18.2. The average molecular weight is 357 g/mol. The van der Waals surface area contributed by atoms with Gasteiger partial charge in [0, 0.05) is 18.0 Å². The number of rotatable bonds is 5. The van der Waals surface area contributed by atoms with Crippen LogP contribution in [0.4, 0.5) is 0 Å². The highest BCUT2D eigenvalue weighted by Crippen LogP contribution is 2.12. The molecule has 0 unspecified atom stereocenters. The average Bonchev–Trinajstić information content (AvgIpc) is 3.40. The fourth-order valence-electron chi connectivity index (χ4n) is 2.66. The fourth-order valence-corrected chi connectivity index (χ4v) is 3.58. The Bertz CT molecular complexity index is 871. The van der Waals surface area contributed by atoms with Crippen LogP contribution in [0.1, 0.15) is 18.1 Å². The number of H-pyrrole nitrogens is 1. The second-order valence-electron chi connectivity index (χ2n) is 5.86. The summed E-state index contributed by atoms with van der Waals surface area (Å²) in [5.41, 5.74) is 3.97. The maximum atomic E-state index is 4.13. The topological polar surface area (TPSA) is 28.7 Å². The Morgan fingerprint density at radius 2 is 1.69 bits per heavy atom. The first-order chi connectivity index (χ1) is 12.9. The molecule has 0 aliphatic heterocycles. The third-order valence-electron chi connectivity index (χ3n) is 4.07. The Kier molecular flexibility index (Phi) is 6.85. The highest BCUT2D eigenvalue weighted by atomic mass is 32.1. The molecular formula is C22H22BN2S. The lowest BCUT2D eigenvalue weighted by atomic mass is 9.69. The molecule has 0 bridgehead atoms. The van der Waals surface area contributed by atoms with E-state index >= 15 is 0 Å². The molecule has 4 heteroatoms. The highest BCUT2D eigenvalue weighted by Gasteiger charge is 2.03. The Hall–Kier alpha value is -2.59. The Labute approximate surface area is 160 Å². The van der Waals surface area contributed by atoms with E-state index in [2.05, 4.69) is 65.9 Å². The third-order valence-corrected chi connectivity index (χ3v) is 5.03. The van der Waals surface area contributed by atoms with Crippen LogP contribution in [0.3, 0.4) is 0 Å². The van der Waals surface area contributed by atoms with Crippen LogP contribution < -0.4 is 4.78 Å². The van der Waals surface area contributed by atoms with Gasteiger partial charge in [-0.3, -0.25) is 0 Å². The third kappa shape index (κ3) is 5.20. The van der Waals surface area contributed by atoms with Crippen molar-refractivity contribution in [2.75, 3.05) is 0 Å². The number of aromatic nitrogens is 2. The van der Waals surface area contributed by atoms with E-state index in [0.29, 0.717) is 0 Å². The quantitative estimate of drug-likeness (QED) is 0.505. The van der Waals surface area contributed by atoms with Crippen LogP contribution in [-0.4, -0.2) is 17.2 Å². The number of aromatic amines is 1. The number of benzene rings is 2. The first-order valence-corrected chi connectivity index (χ1v) is 9.73. The van der Waals surface area contributed by atoms with Gasteiger partial charge in [-0.25, -0.2) is 4.98 Å². The van der Waals surface area contributed by atoms with E-state index in [4.69, 9.17) is 0 Å². The molecular weight excluding hydrogens is 335 g/mol. The maximum Gasteiger partial charge on any atom is 0.170 e. The predicted molar refractivity (Wildman–Crippen MR) is 113 cm³/mol. The normalized spacial score (nSPS) is 10.0. The van der Waals surface area contributed by atoms with Crippen molar-refractivity contribution >= 4 is 23.4 Å². The molecule has 0 saturated carbocycles. The molecule has 129 valence electrons. The van der Waals surface area contributed by atoms with Gasteiger partial charge in [-0.05, 0) is 34.5 Å². The van der Waals surface area contributed by atoms with Crippen LogP contribution >= 0.6 is 11.3 Å². The SMILES string of the molecule is CCc1ccsc1[B]Cc1ccccc1.c1ccc(-c2ncc[nH]2)cc1. The summed E-state index contributed by atoms with van der Waals surface area (Å²) in [6, 6.07) is 22.9. The van der Waals surface area contributed by atoms with Gasteiger partial charge < -0.3 is 4.98 Å². The number of thiophene rings is 1. The molecule has 1 radical (unpaired) electrons. The molecule has 2 aromatic carbocycles. The summed E-state index contributed by atoms with van der Waals surface area (Å²) in [6.45, 7) is 2.21. The van der Waals surface area contributed by atoms with Crippen molar-refractivity contribution in [1.82, 2.24) is 9.97 Å². The molecule has 0 aliphatic carbocycles. The van der Waals surface area contributed by atoms with E-state index in [0.717, 1.165) is 24.1 Å². The molecule has 0 spiro atoms. The van der Waals surface area contributed by atoms with Gasteiger partial charge >= 0.3 is 0 Å². The van der Waals surface area contributed by atoms with Gasteiger partial charge in [0.15, 0.2) is 7.28 Å². The minimum Gasteiger partial charge on any atom is -0.345 e. The summed E-state index contributed by atoms with van der Waals surface area (Å²) < 4.78 is 1.43. The van der Waals surface area contributed by atoms with Crippen LogP contribution in [0.25, 0.3) is 11.4 Å². The predicted octanol–water partition coefficient (Wildman–Crippen LogP) is 4.92. The van der Waals surface area contributed by atoms with Gasteiger partial charge in [0.05, 0.1) is 0 Å².